The summed E-state index contributed by atoms with van der Waals surface area (Å²) in [4.78, 5) is 0. The van der Waals surface area contributed by atoms with Gasteiger partial charge in [-0.05, 0) is 111 Å². The van der Waals surface area contributed by atoms with E-state index in [4.69, 9.17) is 0 Å². The molecule has 0 atom stereocenters. The van der Waals surface area contributed by atoms with E-state index >= 15 is 0 Å². The molecule has 0 unspecified atom stereocenters. The second-order valence-corrected chi connectivity index (χ2v) is 14.6. The van der Waals surface area contributed by atoms with Crippen molar-refractivity contribution >= 4 is 43.6 Å². The quantitative estimate of drug-likeness (QED) is 0.162. The Kier molecular flexibility index (Phi) is 7.53. The Morgan fingerprint density at radius 3 is 0.786 bits per heavy atom. The Morgan fingerprint density at radius 2 is 0.446 bits per heavy atom. The third-order valence-electron chi connectivity index (χ3n) is 11.3. The zero-order chi connectivity index (χ0) is 37.0. The molecule has 0 saturated heterocycles. The van der Waals surface area contributed by atoms with Crippen LogP contribution >= 0.6 is 0 Å². The molecule has 262 valence electrons. The molecule has 0 spiro atoms. The maximum atomic E-state index is 2.37. The predicted octanol–water partition coefficient (Wildman–Crippen LogP) is 14.5. The molecule has 11 rings (SSSR count). The summed E-state index contributed by atoms with van der Waals surface area (Å²) in [7, 11) is 0. The molecule has 0 aliphatic rings. The second-order valence-electron chi connectivity index (χ2n) is 14.6. The highest BCUT2D eigenvalue weighted by atomic mass is 15.0. The summed E-state index contributed by atoms with van der Waals surface area (Å²) >= 11 is 0. The summed E-state index contributed by atoms with van der Waals surface area (Å²) in [6.45, 7) is 0. The number of fused-ring (bicyclic) bond motifs is 6. The predicted molar refractivity (Wildman–Crippen MR) is 237 cm³/mol. The lowest BCUT2D eigenvalue weighted by molar-refractivity contribution is 1.18. The topological polar surface area (TPSA) is 9.86 Å². The summed E-state index contributed by atoms with van der Waals surface area (Å²) in [5, 5.41) is 5.10. The number of rotatable bonds is 6. The van der Waals surface area contributed by atoms with Crippen LogP contribution in [0.2, 0.25) is 0 Å². The first-order valence-electron chi connectivity index (χ1n) is 19.3. The van der Waals surface area contributed by atoms with Crippen LogP contribution in [0, 0.1) is 0 Å². The van der Waals surface area contributed by atoms with Gasteiger partial charge in [0.15, 0.2) is 0 Å². The fourth-order valence-corrected chi connectivity index (χ4v) is 8.62. The average molecular weight is 713 g/mol. The van der Waals surface area contributed by atoms with E-state index in [1.54, 1.807) is 0 Å². The molecule has 9 aromatic carbocycles. The molecule has 0 fully saturated rings. The monoisotopic (exact) mass is 712 g/mol. The molecule has 2 aromatic heterocycles. The number of nitrogens with zero attached hydrogens (tertiary/aromatic N) is 2. The zero-order valence-electron chi connectivity index (χ0n) is 30.7. The third kappa shape index (κ3) is 5.34. The van der Waals surface area contributed by atoms with Crippen molar-refractivity contribution in [3.63, 3.8) is 0 Å². The molecule has 0 radical (unpaired) electrons. The van der Waals surface area contributed by atoms with Crippen molar-refractivity contribution in [3.05, 3.63) is 218 Å². The van der Waals surface area contributed by atoms with Gasteiger partial charge in [0.05, 0.1) is 22.1 Å². The van der Waals surface area contributed by atoms with Crippen molar-refractivity contribution in [2.75, 3.05) is 0 Å². The minimum atomic E-state index is 1.16. The summed E-state index contributed by atoms with van der Waals surface area (Å²) in [5.74, 6) is 0. The molecule has 0 saturated carbocycles. The molecule has 56 heavy (non-hydrogen) atoms. The number of aromatic nitrogens is 2. The Bertz CT molecular complexity index is 3090. The van der Waals surface area contributed by atoms with Crippen LogP contribution in [0.4, 0.5) is 0 Å². The largest absolute Gasteiger partial charge is 0.309 e. The SMILES string of the molecule is c1ccc(-c2cc(-c3ccc(-c4ccc(-n5c6ccccc6c6ccccc65)cc4)cc3)cc(-c3ccc(-n4c5ccccc5c5ccccc54)cc3)c2)cc1. The van der Waals surface area contributed by atoms with E-state index in [9.17, 15) is 0 Å². The molecule has 11 aromatic rings. The van der Waals surface area contributed by atoms with Crippen LogP contribution in [0.25, 0.3) is 99.5 Å². The van der Waals surface area contributed by atoms with Crippen LogP contribution in [-0.4, -0.2) is 9.13 Å². The summed E-state index contributed by atoms with van der Waals surface area (Å²) < 4.78 is 4.74. The Balaban J connectivity index is 0.940. The van der Waals surface area contributed by atoms with Gasteiger partial charge in [-0.25, -0.2) is 0 Å². The Labute approximate surface area is 325 Å². The molecule has 0 bridgehead atoms. The fourth-order valence-electron chi connectivity index (χ4n) is 8.62. The van der Waals surface area contributed by atoms with E-state index in [-0.39, 0.29) is 0 Å². The first-order chi connectivity index (χ1) is 27.8. The van der Waals surface area contributed by atoms with E-state index in [0.29, 0.717) is 0 Å². The van der Waals surface area contributed by atoms with Gasteiger partial charge >= 0.3 is 0 Å². The normalized spacial score (nSPS) is 11.6. The van der Waals surface area contributed by atoms with Crippen molar-refractivity contribution in [2.24, 2.45) is 0 Å². The highest BCUT2D eigenvalue weighted by molar-refractivity contribution is 6.10. The van der Waals surface area contributed by atoms with Gasteiger partial charge in [-0.2, -0.15) is 0 Å². The van der Waals surface area contributed by atoms with Crippen molar-refractivity contribution in [1.82, 2.24) is 9.13 Å². The van der Waals surface area contributed by atoms with E-state index in [1.807, 2.05) is 0 Å². The molecular formula is C54H36N2. The highest BCUT2D eigenvalue weighted by Gasteiger charge is 2.14. The molecular weight excluding hydrogens is 677 g/mol. The maximum Gasteiger partial charge on any atom is 0.0541 e. The van der Waals surface area contributed by atoms with Gasteiger partial charge in [-0.3, -0.25) is 0 Å². The van der Waals surface area contributed by atoms with Gasteiger partial charge in [-0.15, -0.1) is 0 Å². The van der Waals surface area contributed by atoms with Crippen molar-refractivity contribution in [3.8, 4) is 55.9 Å². The summed E-state index contributed by atoms with van der Waals surface area (Å²) in [6, 6.07) is 79.4. The van der Waals surface area contributed by atoms with Gasteiger partial charge in [0.1, 0.15) is 0 Å². The minimum absolute atomic E-state index is 1.16. The van der Waals surface area contributed by atoms with E-state index in [1.165, 1.54) is 88.1 Å². The van der Waals surface area contributed by atoms with Crippen molar-refractivity contribution in [2.45, 2.75) is 0 Å². The summed E-state index contributed by atoms with van der Waals surface area (Å²) in [6.07, 6.45) is 0. The van der Waals surface area contributed by atoms with Crippen molar-refractivity contribution in [1.29, 1.82) is 0 Å². The average Bonchev–Trinajstić information content (AvgIpc) is 3.80. The molecule has 2 heterocycles. The first-order valence-corrected chi connectivity index (χ1v) is 19.3. The zero-order valence-corrected chi connectivity index (χ0v) is 30.7. The van der Waals surface area contributed by atoms with Gasteiger partial charge < -0.3 is 9.13 Å². The molecule has 2 nitrogen and oxygen atoms in total. The number of hydrogen-bond donors (Lipinski definition) is 0. The second kappa shape index (κ2) is 13.2. The number of benzene rings is 9. The summed E-state index contributed by atoms with van der Waals surface area (Å²) in [5.41, 5.74) is 16.8. The molecule has 0 amide bonds. The smallest absolute Gasteiger partial charge is 0.0541 e. The highest BCUT2D eigenvalue weighted by Crippen LogP contribution is 2.37. The van der Waals surface area contributed by atoms with Crippen LogP contribution < -0.4 is 0 Å². The van der Waals surface area contributed by atoms with Gasteiger partial charge in [0.25, 0.3) is 0 Å². The van der Waals surface area contributed by atoms with Crippen LogP contribution in [0.3, 0.4) is 0 Å². The van der Waals surface area contributed by atoms with Gasteiger partial charge in [0.2, 0.25) is 0 Å². The van der Waals surface area contributed by atoms with E-state index < -0.39 is 0 Å². The van der Waals surface area contributed by atoms with Crippen LogP contribution in [0.1, 0.15) is 0 Å². The number of para-hydroxylation sites is 4. The molecule has 0 aliphatic heterocycles. The van der Waals surface area contributed by atoms with Gasteiger partial charge in [-0.1, -0.05) is 152 Å². The minimum Gasteiger partial charge on any atom is -0.309 e. The molecule has 0 aliphatic carbocycles. The van der Waals surface area contributed by atoms with Crippen LogP contribution in [0.5, 0.6) is 0 Å². The lowest BCUT2D eigenvalue weighted by atomic mass is 9.92. The molecule has 2 heteroatoms. The van der Waals surface area contributed by atoms with E-state index in [0.717, 1.165) is 11.4 Å². The standard InChI is InChI=1S/C54H36N2/c1-2-12-37(13-3-1)42-34-43(36-44(35-42)41-28-32-46(33-29-41)56-53-20-10-6-16-49(53)50-17-7-11-21-54(50)56)40-24-22-38(23-25-40)39-26-30-45(31-27-39)55-51-18-8-4-14-47(51)48-15-5-9-19-52(48)55/h1-36H. The van der Waals surface area contributed by atoms with Gasteiger partial charge in [0, 0.05) is 32.9 Å². The lowest BCUT2D eigenvalue weighted by Gasteiger charge is -2.13. The maximum absolute atomic E-state index is 2.37. The lowest BCUT2D eigenvalue weighted by Crippen LogP contribution is -1.94. The Morgan fingerprint density at radius 1 is 0.196 bits per heavy atom. The Hall–Kier alpha value is -7.42. The first kappa shape index (κ1) is 32.0. The van der Waals surface area contributed by atoms with Crippen molar-refractivity contribution < 1.29 is 0 Å². The fraction of sp³-hybridized carbons (Fsp3) is 0. The number of hydrogen-bond acceptors (Lipinski definition) is 0. The molecule has 0 N–H and O–H groups in total. The van der Waals surface area contributed by atoms with Crippen LogP contribution in [-0.2, 0) is 0 Å². The van der Waals surface area contributed by atoms with E-state index in [2.05, 4.69) is 228 Å². The third-order valence-corrected chi connectivity index (χ3v) is 11.3. The van der Waals surface area contributed by atoms with Crippen LogP contribution in [0.15, 0.2) is 218 Å².